The Bertz CT molecular complexity index is 659. The molecule has 4 heteroatoms. The molecule has 0 heterocycles. The normalized spacial score (nSPS) is 13.6. The van der Waals surface area contributed by atoms with Crippen LogP contribution in [0.2, 0.25) is 5.02 Å². The standard InChI is InChI=1S/C16H13ClFNO/c1-16(20,13-5-2-11(10-19)3-6-13)9-12-4-7-14(18)8-15(12)17/h2-8,20H,9H2,1H3. The van der Waals surface area contributed by atoms with Crippen LogP contribution in [0.25, 0.3) is 0 Å². The maximum Gasteiger partial charge on any atom is 0.124 e. The van der Waals surface area contributed by atoms with E-state index in [-0.39, 0.29) is 6.42 Å². The number of nitriles is 1. The van der Waals surface area contributed by atoms with E-state index in [1.165, 1.54) is 12.1 Å². The lowest BCUT2D eigenvalue weighted by Crippen LogP contribution is -2.24. The Morgan fingerprint density at radius 1 is 1.25 bits per heavy atom. The number of halogens is 2. The van der Waals surface area contributed by atoms with Crippen molar-refractivity contribution in [2.45, 2.75) is 18.9 Å². The smallest absolute Gasteiger partial charge is 0.124 e. The van der Waals surface area contributed by atoms with Gasteiger partial charge < -0.3 is 5.11 Å². The van der Waals surface area contributed by atoms with Gasteiger partial charge in [0.15, 0.2) is 0 Å². The summed E-state index contributed by atoms with van der Waals surface area (Å²) in [4.78, 5) is 0. The fourth-order valence-corrected chi connectivity index (χ4v) is 2.28. The van der Waals surface area contributed by atoms with E-state index in [9.17, 15) is 9.50 Å². The van der Waals surface area contributed by atoms with Crippen LogP contribution in [0.5, 0.6) is 0 Å². The summed E-state index contributed by atoms with van der Waals surface area (Å²) in [6, 6.07) is 12.8. The Balaban J connectivity index is 2.27. The van der Waals surface area contributed by atoms with E-state index >= 15 is 0 Å². The van der Waals surface area contributed by atoms with E-state index in [4.69, 9.17) is 16.9 Å². The molecule has 0 radical (unpaired) electrons. The molecule has 1 N–H and O–H groups in total. The SMILES string of the molecule is CC(O)(Cc1ccc(F)cc1Cl)c1ccc(C#N)cc1. The van der Waals surface area contributed by atoms with Crippen molar-refractivity contribution in [2.75, 3.05) is 0 Å². The van der Waals surface area contributed by atoms with E-state index in [0.29, 0.717) is 21.7 Å². The maximum atomic E-state index is 13.0. The zero-order chi connectivity index (χ0) is 14.8. The molecule has 0 aliphatic carbocycles. The first kappa shape index (κ1) is 14.5. The van der Waals surface area contributed by atoms with Crippen LogP contribution in [0.3, 0.4) is 0 Å². The van der Waals surface area contributed by atoms with Crippen molar-refractivity contribution >= 4 is 11.6 Å². The Hall–Kier alpha value is -1.89. The minimum atomic E-state index is -1.14. The zero-order valence-electron chi connectivity index (χ0n) is 10.9. The largest absolute Gasteiger partial charge is 0.385 e. The molecule has 0 fully saturated rings. The lowest BCUT2D eigenvalue weighted by Gasteiger charge is -2.24. The summed E-state index contributed by atoms with van der Waals surface area (Å²) in [5.74, 6) is -0.406. The van der Waals surface area contributed by atoms with E-state index < -0.39 is 11.4 Å². The van der Waals surface area contributed by atoms with Crippen molar-refractivity contribution in [3.8, 4) is 6.07 Å². The molecule has 0 saturated carbocycles. The van der Waals surface area contributed by atoms with E-state index in [0.717, 1.165) is 0 Å². The van der Waals surface area contributed by atoms with Gasteiger partial charge in [0, 0.05) is 11.4 Å². The predicted octanol–water partition coefficient (Wildman–Crippen LogP) is 3.80. The molecule has 0 saturated heterocycles. The molecular weight excluding hydrogens is 277 g/mol. The molecule has 1 atom stereocenters. The van der Waals surface area contributed by atoms with Gasteiger partial charge in [-0.2, -0.15) is 5.26 Å². The Morgan fingerprint density at radius 3 is 2.45 bits per heavy atom. The van der Waals surface area contributed by atoms with Gasteiger partial charge in [-0.05, 0) is 42.3 Å². The van der Waals surface area contributed by atoms with Gasteiger partial charge in [0.25, 0.3) is 0 Å². The molecule has 2 nitrogen and oxygen atoms in total. The second-order valence-electron chi connectivity index (χ2n) is 4.88. The summed E-state index contributed by atoms with van der Waals surface area (Å²) in [6.07, 6.45) is 0.262. The summed E-state index contributed by atoms with van der Waals surface area (Å²) in [5, 5.41) is 19.6. The first-order valence-electron chi connectivity index (χ1n) is 6.09. The van der Waals surface area contributed by atoms with Crippen molar-refractivity contribution in [2.24, 2.45) is 0 Å². The highest BCUT2D eigenvalue weighted by Gasteiger charge is 2.24. The Kier molecular flexibility index (Phi) is 4.08. The predicted molar refractivity (Wildman–Crippen MR) is 75.8 cm³/mol. The third-order valence-electron chi connectivity index (χ3n) is 3.19. The minimum Gasteiger partial charge on any atom is -0.385 e. The molecule has 0 amide bonds. The Morgan fingerprint density at radius 2 is 1.90 bits per heavy atom. The van der Waals surface area contributed by atoms with Crippen molar-refractivity contribution in [3.05, 3.63) is 70.0 Å². The third kappa shape index (κ3) is 3.16. The molecule has 0 spiro atoms. The van der Waals surface area contributed by atoms with Crippen molar-refractivity contribution < 1.29 is 9.50 Å². The highest BCUT2D eigenvalue weighted by molar-refractivity contribution is 6.31. The van der Waals surface area contributed by atoms with Gasteiger partial charge in [-0.15, -0.1) is 0 Å². The van der Waals surface area contributed by atoms with Gasteiger partial charge in [-0.3, -0.25) is 0 Å². The summed E-state index contributed by atoms with van der Waals surface area (Å²) < 4.78 is 13.0. The molecule has 2 rings (SSSR count). The lowest BCUT2D eigenvalue weighted by atomic mass is 9.88. The third-order valence-corrected chi connectivity index (χ3v) is 3.54. The number of hydrogen-bond donors (Lipinski definition) is 1. The van der Waals surface area contributed by atoms with E-state index in [1.807, 2.05) is 6.07 Å². The maximum absolute atomic E-state index is 13.0. The van der Waals surface area contributed by atoms with Crippen molar-refractivity contribution in [1.29, 1.82) is 5.26 Å². The van der Waals surface area contributed by atoms with Gasteiger partial charge in [0.2, 0.25) is 0 Å². The average molecular weight is 290 g/mol. The highest BCUT2D eigenvalue weighted by Crippen LogP contribution is 2.29. The van der Waals surface area contributed by atoms with Gasteiger partial charge >= 0.3 is 0 Å². The molecule has 1 unspecified atom stereocenters. The molecule has 0 aromatic heterocycles. The molecule has 2 aromatic carbocycles. The van der Waals surface area contributed by atoms with Crippen LogP contribution in [0.15, 0.2) is 42.5 Å². The molecule has 102 valence electrons. The second-order valence-corrected chi connectivity index (χ2v) is 5.28. The van der Waals surface area contributed by atoms with Gasteiger partial charge in [0.1, 0.15) is 5.82 Å². The summed E-state index contributed by atoms with van der Waals surface area (Å²) in [6.45, 7) is 1.66. The fourth-order valence-electron chi connectivity index (χ4n) is 2.04. The van der Waals surface area contributed by atoms with Crippen molar-refractivity contribution in [3.63, 3.8) is 0 Å². The van der Waals surface area contributed by atoms with Crippen LogP contribution in [0, 0.1) is 17.1 Å². The minimum absolute atomic E-state index is 0.262. The van der Waals surface area contributed by atoms with Gasteiger partial charge in [-0.25, -0.2) is 4.39 Å². The summed E-state index contributed by atoms with van der Waals surface area (Å²) >= 11 is 5.98. The summed E-state index contributed by atoms with van der Waals surface area (Å²) in [7, 11) is 0. The first-order valence-corrected chi connectivity index (χ1v) is 6.47. The summed E-state index contributed by atoms with van der Waals surface area (Å²) in [5.41, 5.74) is 0.735. The van der Waals surface area contributed by atoms with E-state index in [2.05, 4.69) is 0 Å². The van der Waals surface area contributed by atoms with Gasteiger partial charge in [-0.1, -0.05) is 29.8 Å². The number of nitrogens with zero attached hydrogens (tertiary/aromatic N) is 1. The van der Waals surface area contributed by atoms with Crippen molar-refractivity contribution in [1.82, 2.24) is 0 Å². The van der Waals surface area contributed by atoms with Crippen LogP contribution in [0.1, 0.15) is 23.6 Å². The molecule has 0 aliphatic rings. The number of hydrogen-bond acceptors (Lipinski definition) is 2. The van der Waals surface area contributed by atoms with Crippen LogP contribution in [0.4, 0.5) is 4.39 Å². The second kappa shape index (κ2) is 5.62. The van der Waals surface area contributed by atoms with Crippen LogP contribution >= 0.6 is 11.6 Å². The lowest BCUT2D eigenvalue weighted by molar-refractivity contribution is 0.0576. The average Bonchev–Trinajstić information content (AvgIpc) is 2.42. The molecule has 20 heavy (non-hydrogen) atoms. The molecule has 0 aliphatic heterocycles. The quantitative estimate of drug-likeness (QED) is 0.934. The number of rotatable bonds is 3. The van der Waals surface area contributed by atoms with Gasteiger partial charge in [0.05, 0.1) is 17.2 Å². The van der Waals surface area contributed by atoms with Crippen LogP contribution in [-0.2, 0) is 12.0 Å². The number of aliphatic hydroxyl groups is 1. The topological polar surface area (TPSA) is 44.0 Å². The monoisotopic (exact) mass is 289 g/mol. The van der Waals surface area contributed by atoms with E-state index in [1.54, 1.807) is 37.3 Å². The van der Waals surface area contributed by atoms with Crippen LogP contribution < -0.4 is 0 Å². The molecular formula is C16H13ClFNO. The highest BCUT2D eigenvalue weighted by atomic mass is 35.5. The fraction of sp³-hybridized carbons (Fsp3) is 0.188. The zero-order valence-corrected chi connectivity index (χ0v) is 11.7. The Labute approximate surface area is 122 Å². The first-order chi connectivity index (χ1) is 9.42. The molecule has 2 aromatic rings. The molecule has 0 bridgehead atoms. The number of benzene rings is 2. The van der Waals surface area contributed by atoms with Crippen LogP contribution in [-0.4, -0.2) is 5.11 Å².